The summed E-state index contributed by atoms with van der Waals surface area (Å²) < 4.78 is 38.9. The van der Waals surface area contributed by atoms with E-state index in [0.717, 1.165) is 9.87 Å². The van der Waals surface area contributed by atoms with Crippen molar-refractivity contribution in [3.05, 3.63) is 117 Å². The quantitative estimate of drug-likeness (QED) is 0.162. The lowest BCUT2D eigenvalue weighted by molar-refractivity contribution is 0.0955. The van der Waals surface area contributed by atoms with E-state index in [9.17, 15) is 13.2 Å². The van der Waals surface area contributed by atoms with Crippen LogP contribution in [0.1, 0.15) is 21.5 Å². The zero-order valence-electron chi connectivity index (χ0n) is 21.5. The first-order chi connectivity index (χ1) is 19.2. The van der Waals surface area contributed by atoms with E-state index < -0.39 is 15.9 Å². The van der Waals surface area contributed by atoms with E-state index >= 15 is 0 Å². The van der Waals surface area contributed by atoms with Gasteiger partial charge in [0, 0.05) is 23.2 Å². The number of methoxy groups -OCH3 is 1. The number of nitrogens with zero attached hydrogens (tertiary/aromatic N) is 2. The van der Waals surface area contributed by atoms with Crippen molar-refractivity contribution < 1.29 is 22.7 Å². The second-order valence-electron chi connectivity index (χ2n) is 8.45. The SMILES string of the molecule is COc1cc(/C=N\NC(=O)c2ccc(N(C)S(=O)(=O)c3ccccc3)cc2)cc(Br)c1OCc1ccccc1Cl. The number of nitrogens with one attached hydrogen (secondary N) is 1. The van der Waals surface area contributed by atoms with Crippen LogP contribution in [0, 0.1) is 0 Å². The minimum Gasteiger partial charge on any atom is -0.493 e. The van der Waals surface area contributed by atoms with Gasteiger partial charge in [0.15, 0.2) is 11.5 Å². The highest BCUT2D eigenvalue weighted by Crippen LogP contribution is 2.37. The van der Waals surface area contributed by atoms with Crippen LogP contribution in [0.5, 0.6) is 11.5 Å². The van der Waals surface area contributed by atoms with Crippen LogP contribution in [0.2, 0.25) is 5.02 Å². The highest BCUT2D eigenvalue weighted by Gasteiger charge is 2.21. The second-order valence-corrected chi connectivity index (χ2v) is 11.7. The summed E-state index contributed by atoms with van der Waals surface area (Å²) in [5, 5.41) is 4.65. The fourth-order valence-electron chi connectivity index (χ4n) is 3.66. The van der Waals surface area contributed by atoms with Crippen LogP contribution in [0.4, 0.5) is 5.69 Å². The molecule has 0 aliphatic rings. The van der Waals surface area contributed by atoms with Gasteiger partial charge in [-0.2, -0.15) is 5.10 Å². The van der Waals surface area contributed by atoms with Crippen LogP contribution in [0.25, 0.3) is 0 Å². The number of anilines is 1. The molecule has 1 N–H and O–H groups in total. The smallest absolute Gasteiger partial charge is 0.271 e. The number of carbonyl (C=O) groups excluding carboxylic acids is 1. The largest absolute Gasteiger partial charge is 0.493 e. The number of rotatable bonds is 10. The van der Waals surface area contributed by atoms with Crippen molar-refractivity contribution in [3.8, 4) is 11.5 Å². The number of ether oxygens (including phenoxy) is 2. The van der Waals surface area contributed by atoms with Crippen molar-refractivity contribution in [2.75, 3.05) is 18.5 Å². The molecular weight excluding hydrogens is 618 g/mol. The van der Waals surface area contributed by atoms with E-state index in [1.54, 1.807) is 48.5 Å². The minimum absolute atomic E-state index is 0.178. The summed E-state index contributed by atoms with van der Waals surface area (Å²) in [6.45, 7) is 0.255. The predicted molar refractivity (Wildman–Crippen MR) is 160 cm³/mol. The van der Waals surface area contributed by atoms with Crippen molar-refractivity contribution in [1.29, 1.82) is 0 Å². The van der Waals surface area contributed by atoms with Gasteiger partial charge >= 0.3 is 0 Å². The van der Waals surface area contributed by atoms with E-state index in [-0.39, 0.29) is 11.5 Å². The van der Waals surface area contributed by atoms with Crippen LogP contribution in [-0.4, -0.2) is 34.7 Å². The van der Waals surface area contributed by atoms with Crippen molar-refractivity contribution in [3.63, 3.8) is 0 Å². The molecule has 0 aromatic heterocycles. The molecule has 4 aromatic rings. The molecular formula is C29H25BrClN3O5S. The molecule has 40 heavy (non-hydrogen) atoms. The average molecular weight is 643 g/mol. The third kappa shape index (κ3) is 6.82. The maximum absolute atomic E-state index is 12.8. The Bertz CT molecular complexity index is 1630. The number of halogens is 2. The molecule has 206 valence electrons. The van der Waals surface area contributed by atoms with Crippen molar-refractivity contribution in [2.24, 2.45) is 5.10 Å². The van der Waals surface area contributed by atoms with Gasteiger partial charge in [0.25, 0.3) is 15.9 Å². The minimum atomic E-state index is -3.72. The van der Waals surface area contributed by atoms with Crippen LogP contribution in [0.15, 0.2) is 105 Å². The summed E-state index contributed by atoms with van der Waals surface area (Å²) in [7, 11) is -0.736. The van der Waals surface area contributed by atoms with E-state index in [1.807, 2.05) is 18.2 Å². The molecule has 8 nitrogen and oxygen atoms in total. The van der Waals surface area contributed by atoms with Crippen LogP contribution >= 0.6 is 27.5 Å². The predicted octanol–water partition coefficient (Wildman–Crippen LogP) is 6.28. The van der Waals surface area contributed by atoms with E-state index in [0.29, 0.717) is 37.8 Å². The molecule has 0 aliphatic carbocycles. The number of carbonyl (C=O) groups is 1. The van der Waals surface area contributed by atoms with Crippen LogP contribution in [-0.2, 0) is 16.6 Å². The lowest BCUT2D eigenvalue weighted by atomic mass is 10.2. The Morgan fingerprint density at radius 3 is 2.38 bits per heavy atom. The number of hydrogen-bond donors (Lipinski definition) is 1. The summed E-state index contributed by atoms with van der Waals surface area (Å²) in [5.41, 5.74) is 4.69. The van der Waals surface area contributed by atoms with E-state index in [2.05, 4.69) is 26.5 Å². The van der Waals surface area contributed by atoms with Gasteiger partial charge in [0.05, 0.1) is 28.4 Å². The number of hydrogen-bond acceptors (Lipinski definition) is 6. The zero-order valence-corrected chi connectivity index (χ0v) is 24.7. The van der Waals surface area contributed by atoms with Crippen molar-refractivity contribution in [1.82, 2.24) is 5.43 Å². The molecule has 1 amide bonds. The Hall–Kier alpha value is -3.86. The van der Waals surface area contributed by atoms with Gasteiger partial charge in [0.2, 0.25) is 0 Å². The standard InChI is InChI=1S/C29H25BrClN3O5S/c1-34(40(36,37)24-9-4-3-5-10-24)23-14-12-21(13-15-23)29(35)33-32-18-20-16-25(30)28(27(17-20)38-2)39-19-22-8-6-7-11-26(22)31/h3-18H,19H2,1-2H3,(H,33,35)/b32-18-. The summed E-state index contributed by atoms with van der Waals surface area (Å²) in [4.78, 5) is 12.8. The molecule has 4 aromatic carbocycles. The molecule has 0 saturated carbocycles. The summed E-state index contributed by atoms with van der Waals surface area (Å²) in [6.07, 6.45) is 1.47. The van der Waals surface area contributed by atoms with Gasteiger partial charge in [-0.1, -0.05) is 48.0 Å². The lowest BCUT2D eigenvalue weighted by Gasteiger charge is -2.19. The third-order valence-electron chi connectivity index (χ3n) is 5.86. The zero-order chi connectivity index (χ0) is 28.7. The topological polar surface area (TPSA) is 97.3 Å². The molecule has 0 aliphatic heterocycles. The highest BCUT2D eigenvalue weighted by molar-refractivity contribution is 9.10. The van der Waals surface area contributed by atoms with Gasteiger partial charge in [-0.25, -0.2) is 13.8 Å². The monoisotopic (exact) mass is 641 g/mol. The molecule has 0 bridgehead atoms. The molecule has 0 radical (unpaired) electrons. The van der Waals surface area contributed by atoms with Gasteiger partial charge in [-0.05, 0) is 76.1 Å². The van der Waals surface area contributed by atoms with Gasteiger partial charge in [-0.3, -0.25) is 9.10 Å². The first kappa shape index (κ1) is 29.1. The Morgan fingerprint density at radius 2 is 1.70 bits per heavy atom. The maximum Gasteiger partial charge on any atom is 0.271 e. The molecule has 0 heterocycles. The normalized spacial score (nSPS) is 11.3. The average Bonchev–Trinajstić information content (AvgIpc) is 2.97. The lowest BCUT2D eigenvalue weighted by Crippen LogP contribution is -2.26. The van der Waals surface area contributed by atoms with Crippen molar-refractivity contribution in [2.45, 2.75) is 11.5 Å². The van der Waals surface area contributed by atoms with E-state index in [4.69, 9.17) is 21.1 Å². The Kier molecular flexibility index (Phi) is 9.46. The van der Waals surface area contributed by atoms with Crippen LogP contribution in [0.3, 0.4) is 0 Å². The van der Waals surface area contributed by atoms with Gasteiger partial charge < -0.3 is 9.47 Å². The Labute approximate surface area is 246 Å². The molecule has 0 atom stereocenters. The van der Waals surface area contributed by atoms with Crippen LogP contribution < -0.4 is 19.2 Å². The van der Waals surface area contributed by atoms with Gasteiger partial charge in [-0.15, -0.1) is 0 Å². The highest BCUT2D eigenvalue weighted by atomic mass is 79.9. The summed E-state index contributed by atoms with van der Waals surface area (Å²) in [6, 6.07) is 25.2. The van der Waals surface area contributed by atoms with Crippen molar-refractivity contribution >= 4 is 55.4 Å². The first-order valence-electron chi connectivity index (χ1n) is 11.9. The number of sulfonamides is 1. The third-order valence-corrected chi connectivity index (χ3v) is 8.61. The Balaban J connectivity index is 1.40. The number of benzene rings is 4. The number of hydrazone groups is 1. The summed E-state index contributed by atoms with van der Waals surface area (Å²) >= 11 is 9.72. The van der Waals surface area contributed by atoms with Gasteiger partial charge in [0.1, 0.15) is 6.61 Å². The fraction of sp³-hybridized carbons (Fsp3) is 0.103. The molecule has 4 rings (SSSR count). The Morgan fingerprint density at radius 1 is 1.02 bits per heavy atom. The fourth-order valence-corrected chi connectivity index (χ4v) is 5.64. The second kappa shape index (κ2) is 13.0. The molecule has 11 heteroatoms. The molecule has 0 fully saturated rings. The molecule has 0 unspecified atom stereocenters. The maximum atomic E-state index is 12.8. The molecule has 0 spiro atoms. The number of amides is 1. The van der Waals surface area contributed by atoms with E-state index in [1.165, 1.54) is 44.6 Å². The summed E-state index contributed by atoms with van der Waals surface area (Å²) in [5.74, 6) is 0.518. The molecule has 0 saturated heterocycles. The first-order valence-corrected chi connectivity index (χ1v) is 14.5.